The number of thiophene rings is 1. The lowest BCUT2D eigenvalue weighted by Crippen LogP contribution is -2.14. The molecule has 0 radical (unpaired) electrons. The summed E-state index contributed by atoms with van der Waals surface area (Å²) in [6.07, 6.45) is 1.72. The van der Waals surface area contributed by atoms with Gasteiger partial charge < -0.3 is 10.1 Å². The Kier molecular flexibility index (Phi) is 3.05. The van der Waals surface area contributed by atoms with E-state index in [0.29, 0.717) is 5.65 Å². The monoisotopic (exact) mass is 283 g/mol. The molecule has 0 saturated carbocycles. The van der Waals surface area contributed by atoms with Crippen molar-refractivity contribution in [2.45, 2.75) is 19.4 Å². The molecule has 0 spiro atoms. The van der Waals surface area contributed by atoms with Gasteiger partial charge in [0.05, 0.1) is 15.3 Å². The lowest BCUT2D eigenvalue weighted by atomic mass is 10.1. The molecule has 0 bridgehead atoms. The zero-order valence-electron chi connectivity index (χ0n) is 11.1. The first-order valence-electron chi connectivity index (χ1n) is 6.18. The minimum atomic E-state index is -0.979. The van der Waals surface area contributed by atoms with Gasteiger partial charge in [-0.2, -0.15) is 0 Å². The van der Waals surface area contributed by atoms with E-state index in [-0.39, 0.29) is 0 Å². The van der Waals surface area contributed by atoms with Crippen molar-refractivity contribution in [3.63, 3.8) is 0 Å². The molecule has 0 aliphatic rings. The molecule has 4 nitrogen and oxygen atoms in total. The SMILES string of the molecule is CC(C)(O)C#Cc1ccc(-c2nc3ncccc3[nH]2)s1. The molecule has 0 amide bonds. The lowest BCUT2D eigenvalue weighted by Gasteiger charge is -2.05. The van der Waals surface area contributed by atoms with E-state index in [1.807, 2.05) is 24.3 Å². The highest BCUT2D eigenvalue weighted by atomic mass is 32.1. The van der Waals surface area contributed by atoms with E-state index in [0.717, 1.165) is 21.1 Å². The summed E-state index contributed by atoms with van der Waals surface area (Å²) in [5, 5.41) is 9.60. The predicted molar refractivity (Wildman–Crippen MR) is 80.4 cm³/mol. The highest BCUT2D eigenvalue weighted by molar-refractivity contribution is 7.15. The van der Waals surface area contributed by atoms with E-state index in [1.165, 1.54) is 11.3 Å². The Hall–Kier alpha value is -2.16. The summed E-state index contributed by atoms with van der Waals surface area (Å²) in [6, 6.07) is 7.72. The highest BCUT2D eigenvalue weighted by Gasteiger charge is 2.09. The van der Waals surface area contributed by atoms with Crippen LogP contribution in [0.1, 0.15) is 18.7 Å². The minimum Gasteiger partial charge on any atom is -0.378 e. The number of nitrogens with zero attached hydrogens (tertiary/aromatic N) is 2. The third kappa shape index (κ3) is 2.72. The number of pyridine rings is 1. The fourth-order valence-electron chi connectivity index (χ4n) is 1.71. The Bertz CT molecular complexity index is 782. The third-order valence-corrected chi connectivity index (χ3v) is 3.60. The molecule has 2 N–H and O–H groups in total. The van der Waals surface area contributed by atoms with Gasteiger partial charge in [0.25, 0.3) is 0 Å². The summed E-state index contributed by atoms with van der Waals surface area (Å²) in [7, 11) is 0. The zero-order chi connectivity index (χ0) is 14.2. The molecule has 3 rings (SSSR count). The fourth-order valence-corrected chi connectivity index (χ4v) is 2.51. The summed E-state index contributed by atoms with van der Waals surface area (Å²) in [5.41, 5.74) is 0.646. The van der Waals surface area contributed by atoms with Crippen LogP contribution in [0.2, 0.25) is 0 Å². The molecule has 20 heavy (non-hydrogen) atoms. The van der Waals surface area contributed by atoms with Crippen molar-refractivity contribution in [1.29, 1.82) is 0 Å². The molecule has 0 saturated heterocycles. The predicted octanol–water partition coefficient (Wildman–Crippen LogP) is 2.81. The van der Waals surface area contributed by atoms with Crippen LogP contribution in [0.25, 0.3) is 21.9 Å². The van der Waals surface area contributed by atoms with Crippen LogP contribution in [0, 0.1) is 11.8 Å². The first-order valence-corrected chi connectivity index (χ1v) is 6.99. The molecule has 100 valence electrons. The average Bonchev–Trinajstić information content (AvgIpc) is 3.01. The first kappa shape index (κ1) is 12.9. The number of aromatic amines is 1. The van der Waals surface area contributed by atoms with Gasteiger partial charge in [-0.3, -0.25) is 0 Å². The van der Waals surface area contributed by atoms with E-state index in [4.69, 9.17) is 0 Å². The van der Waals surface area contributed by atoms with Crippen LogP contribution in [0.3, 0.4) is 0 Å². The Balaban J connectivity index is 1.95. The number of imidazole rings is 1. The van der Waals surface area contributed by atoms with Crippen LogP contribution in [-0.2, 0) is 0 Å². The number of aliphatic hydroxyl groups is 1. The van der Waals surface area contributed by atoms with Gasteiger partial charge in [-0.05, 0) is 38.1 Å². The molecule has 0 aromatic carbocycles. The van der Waals surface area contributed by atoms with Crippen LogP contribution in [0.15, 0.2) is 30.5 Å². The van der Waals surface area contributed by atoms with Gasteiger partial charge in [-0.15, -0.1) is 11.3 Å². The highest BCUT2D eigenvalue weighted by Crippen LogP contribution is 2.26. The van der Waals surface area contributed by atoms with E-state index in [2.05, 4.69) is 26.8 Å². The van der Waals surface area contributed by atoms with Crippen molar-refractivity contribution in [2.24, 2.45) is 0 Å². The van der Waals surface area contributed by atoms with Crippen LogP contribution >= 0.6 is 11.3 Å². The number of hydrogen-bond acceptors (Lipinski definition) is 4. The van der Waals surface area contributed by atoms with Gasteiger partial charge in [-0.1, -0.05) is 11.8 Å². The second kappa shape index (κ2) is 4.75. The van der Waals surface area contributed by atoms with Crippen LogP contribution in [0.5, 0.6) is 0 Å². The largest absolute Gasteiger partial charge is 0.378 e. The summed E-state index contributed by atoms with van der Waals surface area (Å²) >= 11 is 1.54. The number of rotatable bonds is 1. The topological polar surface area (TPSA) is 61.8 Å². The Morgan fingerprint density at radius 1 is 1.30 bits per heavy atom. The van der Waals surface area contributed by atoms with Crippen LogP contribution < -0.4 is 0 Å². The summed E-state index contributed by atoms with van der Waals surface area (Å²) in [5.74, 6) is 6.56. The Morgan fingerprint density at radius 2 is 2.15 bits per heavy atom. The van der Waals surface area contributed by atoms with E-state index in [9.17, 15) is 5.11 Å². The van der Waals surface area contributed by atoms with Gasteiger partial charge in [0, 0.05) is 6.20 Å². The molecular formula is C15H13N3OS. The van der Waals surface area contributed by atoms with Crippen LogP contribution in [-0.4, -0.2) is 25.7 Å². The summed E-state index contributed by atoms with van der Waals surface area (Å²) in [4.78, 5) is 13.8. The van der Waals surface area contributed by atoms with Crippen molar-refractivity contribution < 1.29 is 5.11 Å². The quantitative estimate of drug-likeness (QED) is 0.675. The number of nitrogens with one attached hydrogen (secondary N) is 1. The first-order chi connectivity index (χ1) is 9.51. The third-order valence-electron chi connectivity index (χ3n) is 2.59. The molecule has 3 heterocycles. The zero-order valence-corrected chi connectivity index (χ0v) is 12.0. The second-order valence-corrected chi connectivity index (χ2v) is 6.02. The smallest absolute Gasteiger partial charge is 0.178 e. The summed E-state index contributed by atoms with van der Waals surface area (Å²) < 4.78 is 0. The van der Waals surface area contributed by atoms with Crippen molar-refractivity contribution in [3.05, 3.63) is 35.3 Å². The molecule has 0 aliphatic carbocycles. The van der Waals surface area contributed by atoms with Gasteiger partial charge in [0.15, 0.2) is 11.5 Å². The maximum absolute atomic E-state index is 9.60. The Morgan fingerprint density at radius 3 is 2.90 bits per heavy atom. The number of aromatic nitrogens is 3. The van der Waals surface area contributed by atoms with Crippen molar-refractivity contribution in [2.75, 3.05) is 0 Å². The van der Waals surface area contributed by atoms with Gasteiger partial charge in [-0.25, -0.2) is 9.97 Å². The van der Waals surface area contributed by atoms with Gasteiger partial charge in [0.2, 0.25) is 0 Å². The molecule has 0 unspecified atom stereocenters. The van der Waals surface area contributed by atoms with Crippen molar-refractivity contribution >= 4 is 22.5 Å². The van der Waals surface area contributed by atoms with E-state index >= 15 is 0 Å². The number of hydrogen-bond donors (Lipinski definition) is 2. The lowest BCUT2D eigenvalue weighted by molar-refractivity contribution is 0.143. The van der Waals surface area contributed by atoms with Gasteiger partial charge >= 0.3 is 0 Å². The second-order valence-electron chi connectivity index (χ2n) is 4.93. The molecule has 0 aliphatic heterocycles. The minimum absolute atomic E-state index is 0.708. The standard InChI is InChI=1S/C15H13N3OS/c1-15(2,19)8-7-10-5-6-12(20-10)14-17-11-4-3-9-16-13(11)18-14/h3-6,9,19H,1-2H3,(H,16,17,18). The molecule has 3 aromatic heterocycles. The summed E-state index contributed by atoms with van der Waals surface area (Å²) in [6.45, 7) is 3.33. The fraction of sp³-hybridized carbons (Fsp3) is 0.200. The normalized spacial score (nSPS) is 11.3. The van der Waals surface area contributed by atoms with Crippen LogP contribution in [0.4, 0.5) is 0 Å². The van der Waals surface area contributed by atoms with E-state index in [1.54, 1.807) is 20.0 Å². The molecular weight excluding hydrogens is 270 g/mol. The number of H-pyrrole nitrogens is 1. The Labute approximate surface area is 120 Å². The molecule has 3 aromatic rings. The maximum Gasteiger partial charge on any atom is 0.178 e. The maximum atomic E-state index is 9.60. The number of fused-ring (bicyclic) bond motifs is 1. The average molecular weight is 283 g/mol. The molecule has 0 atom stereocenters. The molecule has 5 heteroatoms. The van der Waals surface area contributed by atoms with Crippen molar-refractivity contribution in [1.82, 2.24) is 15.0 Å². The molecule has 0 fully saturated rings. The van der Waals surface area contributed by atoms with Crippen molar-refractivity contribution in [3.8, 4) is 22.5 Å². The van der Waals surface area contributed by atoms with Gasteiger partial charge in [0.1, 0.15) is 5.60 Å². The van der Waals surface area contributed by atoms with E-state index < -0.39 is 5.60 Å².